The number of nitrogens with two attached hydrogens (primary N) is 2. The van der Waals surface area contributed by atoms with Gasteiger partial charge in [0.2, 0.25) is 5.69 Å². The molecule has 1 aromatic heterocycles. The lowest BCUT2D eigenvalue weighted by atomic mass is 10.2. The molecular weight excluding hydrogens is 238 g/mol. The predicted molar refractivity (Wildman–Crippen MR) is 64.3 cm³/mol. The van der Waals surface area contributed by atoms with Gasteiger partial charge in [-0.2, -0.15) is 0 Å². The molecule has 2 heterocycles. The third-order valence-corrected chi connectivity index (χ3v) is 2.66. The van der Waals surface area contributed by atoms with Crippen LogP contribution in [0.3, 0.4) is 0 Å². The normalized spacial score (nSPS) is 14.5. The third kappa shape index (κ3) is 3.52. The number of aromatic nitrogens is 2. The summed E-state index contributed by atoms with van der Waals surface area (Å²) in [6.45, 7) is 2.75. The summed E-state index contributed by atoms with van der Waals surface area (Å²) in [7, 11) is 1.19. The van der Waals surface area contributed by atoms with Crippen molar-refractivity contribution in [2.45, 2.75) is 19.3 Å². The number of nitrogen functional groups attached to an aromatic ring is 1. The predicted octanol–water partition coefficient (Wildman–Crippen LogP) is -1.43. The van der Waals surface area contributed by atoms with Crippen LogP contribution in [0.15, 0.2) is 9.97 Å². The van der Waals surface area contributed by atoms with E-state index in [-0.39, 0.29) is 0 Å². The van der Waals surface area contributed by atoms with Crippen LogP contribution in [0.25, 0.3) is 0 Å². The molecule has 8 nitrogen and oxygen atoms in total. The molecule has 0 unspecified atom stereocenters. The quantitative estimate of drug-likeness (QED) is 0.594. The van der Waals surface area contributed by atoms with E-state index < -0.39 is 23.1 Å². The van der Waals surface area contributed by atoms with E-state index in [4.69, 9.17) is 5.73 Å². The van der Waals surface area contributed by atoms with Gasteiger partial charge in [-0.1, -0.05) is 0 Å². The van der Waals surface area contributed by atoms with Gasteiger partial charge in [0.1, 0.15) is 0 Å². The van der Waals surface area contributed by atoms with E-state index in [0.717, 1.165) is 0 Å². The molecule has 1 fully saturated rings. The number of hydrogen-bond acceptors (Lipinski definition) is 6. The highest BCUT2D eigenvalue weighted by Gasteiger charge is 2.08. The zero-order chi connectivity index (χ0) is 13.5. The molecule has 1 saturated heterocycles. The standard InChI is InChI=1S/C5H6N4O3.C5H11N/c1-9-4(10)2(8-12)3(6)7-5(9)11;1-2-4-6-5-3-1/h6H2,1H3,(H,7,11);6H,1-5H2. The number of quaternary nitrogens is 1. The fourth-order valence-corrected chi connectivity index (χ4v) is 1.57. The van der Waals surface area contributed by atoms with Gasteiger partial charge >= 0.3 is 0 Å². The molecule has 0 radical (unpaired) electrons. The van der Waals surface area contributed by atoms with Crippen molar-refractivity contribution < 1.29 is 10.4 Å². The minimum absolute atomic E-state index is 0.432. The first-order valence-corrected chi connectivity index (χ1v) is 5.76. The summed E-state index contributed by atoms with van der Waals surface area (Å²) in [5, 5.41) is 15.5. The third-order valence-electron chi connectivity index (χ3n) is 2.66. The molecule has 1 aromatic rings. The van der Waals surface area contributed by atoms with E-state index in [0.29, 0.717) is 4.57 Å². The van der Waals surface area contributed by atoms with Crippen molar-refractivity contribution >= 4 is 11.5 Å². The maximum Gasteiger partial charge on any atom is 0.284 e. The summed E-state index contributed by atoms with van der Waals surface area (Å²) in [4.78, 5) is 24.2. The summed E-state index contributed by atoms with van der Waals surface area (Å²) in [5.41, 5.74) is 3.72. The molecule has 0 saturated carbocycles. The zero-order valence-electron chi connectivity index (χ0n) is 10.3. The minimum atomic E-state index is -0.831. The Labute approximate surface area is 104 Å². The first-order valence-electron chi connectivity index (χ1n) is 5.76. The van der Waals surface area contributed by atoms with E-state index in [2.05, 4.69) is 15.5 Å². The maximum atomic E-state index is 11.0. The Balaban J connectivity index is 0.000000225. The van der Waals surface area contributed by atoms with Gasteiger partial charge in [0.15, 0.2) is 5.82 Å². The summed E-state index contributed by atoms with van der Waals surface area (Å²) in [6, 6.07) is -0.801. The monoisotopic (exact) mass is 255 g/mol. The van der Waals surface area contributed by atoms with Crippen molar-refractivity contribution in [2.75, 3.05) is 18.8 Å². The molecule has 0 atom stereocenters. The highest BCUT2D eigenvalue weighted by Crippen LogP contribution is 2.14. The topological polar surface area (TPSA) is 130 Å². The van der Waals surface area contributed by atoms with E-state index in [9.17, 15) is 14.8 Å². The number of hydrogen-bond donors (Lipinski definition) is 2. The lowest BCUT2D eigenvalue weighted by molar-refractivity contribution is -0.662. The van der Waals surface area contributed by atoms with E-state index in [1.54, 1.807) is 0 Å². The second-order valence-electron chi connectivity index (χ2n) is 4.01. The second kappa shape index (κ2) is 6.70. The van der Waals surface area contributed by atoms with Crippen LogP contribution in [0.2, 0.25) is 0 Å². The first kappa shape index (κ1) is 14.1. The van der Waals surface area contributed by atoms with E-state index >= 15 is 0 Å². The molecule has 1 aliphatic rings. The van der Waals surface area contributed by atoms with Gasteiger partial charge in [0.05, 0.1) is 19.1 Å². The number of rotatable bonds is 1. The van der Waals surface area contributed by atoms with Gasteiger partial charge in [-0.3, -0.25) is 4.79 Å². The SMILES string of the molecule is C1CC[NH2+]CC1.Cn1c([O-])nc(N)c(N=O)c1=O. The molecule has 0 spiro atoms. The average Bonchev–Trinajstić information content (AvgIpc) is 2.39. The van der Waals surface area contributed by atoms with Gasteiger partial charge < -0.3 is 20.7 Å². The number of piperidine rings is 1. The smallest absolute Gasteiger partial charge is 0.284 e. The van der Waals surface area contributed by atoms with Crippen LogP contribution in [0.4, 0.5) is 11.5 Å². The summed E-state index contributed by atoms with van der Waals surface area (Å²) < 4.78 is 0.660. The van der Waals surface area contributed by atoms with Crippen LogP contribution in [-0.4, -0.2) is 22.6 Å². The summed E-state index contributed by atoms with van der Waals surface area (Å²) in [6.07, 6.45) is 4.36. The van der Waals surface area contributed by atoms with E-state index in [1.807, 2.05) is 0 Å². The van der Waals surface area contributed by atoms with Crippen molar-refractivity contribution in [1.29, 1.82) is 0 Å². The Hall–Kier alpha value is -1.96. The van der Waals surface area contributed by atoms with Gasteiger partial charge in [-0.15, -0.1) is 4.91 Å². The second-order valence-corrected chi connectivity index (χ2v) is 4.01. The van der Waals surface area contributed by atoms with Crippen molar-refractivity contribution in [3.8, 4) is 6.01 Å². The lowest BCUT2D eigenvalue weighted by Gasteiger charge is -2.10. The van der Waals surface area contributed by atoms with Crippen molar-refractivity contribution in [3.05, 3.63) is 15.3 Å². The molecule has 8 heteroatoms. The van der Waals surface area contributed by atoms with Crippen LogP contribution >= 0.6 is 0 Å². The maximum absolute atomic E-state index is 11.0. The highest BCUT2D eigenvalue weighted by atomic mass is 16.3. The number of anilines is 1. The summed E-state index contributed by atoms with van der Waals surface area (Å²) in [5.74, 6) is -0.432. The molecule has 0 amide bonds. The minimum Gasteiger partial charge on any atom is -0.846 e. The van der Waals surface area contributed by atoms with Gasteiger partial charge in [-0.05, 0) is 24.4 Å². The van der Waals surface area contributed by atoms with Crippen LogP contribution in [-0.2, 0) is 7.05 Å². The molecule has 1 aliphatic heterocycles. The molecule has 100 valence electrons. The van der Waals surface area contributed by atoms with Crippen molar-refractivity contribution in [3.63, 3.8) is 0 Å². The Kier molecular flexibility index (Phi) is 5.25. The van der Waals surface area contributed by atoms with Crippen LogP contribution in [0.1, 0.15) is 19.3 Å². The largest absolute Gasteiger partial charge is 0.846 e. The Bertz CT molecular complexity index is 456. The van der Waals surface area contributed by atoms with Gasteiger partial charge in [0.25, 0.3) is 5.56 Å². The van der Waals surface area contributed by atoms with Gasteiger partial charge in [0, 0.05) is 7.05 Å². The Morgan fingerprint density at radius 3 is 2.39 bits per heavy atom. The lowest BCUT2D eigenvalue weighted by Crippen LogP contribution is -2.85. The number of nitrogens with zero attached hydrogens (tertiary/aromatic N) is 3. The summed E-state index contributed by atoms with van der Waals surface area (Å²) >= 11 is 0. The molecule has 0 aliphatic carbocycles. The van der Waals surface area contributed by atoms with Crippen LogP contribution < -0.4 is 21.7 Å². The van der Waals surface area contributed by atoms with E-state index in [1.165, 1.54) is 39.4 Å². The average molecular weight is 255 g/mol. The molecule has 18 heavy (non-hydrogen) atoms. The number of nitroso groups, excluding NO2 is 1. The molecule has 2 rings (SSSR count). The Morgan fingerprint density at radius 1 is 1.39 bits per heavy atom. The highest BCUT2D eigenvalue weighted by molar-refractivity contribution is 5.55. The molecule has 0 bridgehead atoms. The van der Waals surface area contributed by atoms with Crippen LogP contribution in [0.5, 0.6) is 6.01 Å². The van der Waals surface area contributed by atoms with Crippen molar-refractivity contribution in [1.82, 2.24) is 9.55 Å². The Morgan fingerprint density at radius 2 is 2.00 bits per heavy atom. The molecule has 4 N–H and O–H groups in total. The fraction of sp³-hybridized carbons (Fsp3) is 0.600. The molecule has 0 aromatic carbocycles. The van der Waals surface area contributed by atoms with Gasteiger partial charge in [-0.25, -0.2) is 4.98 Å². The fourth-order valence-electron chi connectivity index (χ4n) is 1.57. The first-order chi connectivity index (χ1) is 8.57. The van der Waals surface area contributed by atoms with Crippen LogP contribution in [0, 0.1) is 4.91 Å². The van der Waals surface area contributed by atoms with Crippen molar-refractivity contribution in [2.24, 2.45) is 12.2 Å². The molecular formula is C10H17N5O3. The zero-order valence-corrected chi connectivity index (χ0v) is 10.3.